The van der Waals surface area contributed by atoms with Crippen LogP contribution in [0.1, 0.15) is 27.4 Å². The highest BCUT2D eigenvalue weighted by molar-refractivity contribution is 9.10. The predicted octanol–water partition coefficient (Wildman–Crippen LogP) is 4.51. The molecule has 3 amide bonds. The van der Waals surface area contributed by atoms with Gasteiger partial charge in [-0.3, -0.25) is 9.69 Å². The van der Waals surface area contributed by atoms with Crippen molar-refractivity contribution in [3.05, 3.63) is 87.4 Å². The molecule has 10 heteroatoms. The lowest BCUT2D eigenvalue weighted by atomic mass is 10.1. The van der Waals surface area contributed by atoms with Crippen LogP contribution in [0.4, 0.5) is 4.79 Å². The number of amides is 3. The number of esters is 1. The van der Waals surface area contributed by atoms with Crippen LogP contribution in [0, 0.1) is 0 Å². The summed E-state index contributed by atoms with van der Waals surface area (Å²) in [4.78, 5) is 37.8. The minimum atomic E-state index is -0.648. The Bertz CT molecular complexity index is 1300. The van der Waals surface area contributed by atoms with Gasteiger partial charge in [0, 0.05) is 0 Å². The molecule has 1 saturated heterocycles. The Labute approximate surface area is 209 Å². The highest BCUT2D eigenvalue weighted by Gasteiger charge is 2.34. The third-order valence-corrected chi connectivity index (χ3v) is 5.70. The summed E-state index contributed by atoms with van der Waals surface area (Å²) in [6.45, 7) is 0.211. The molecule has 35 heavy (non-hydrogen) atoms. The second-order valence-corrected chi connectivity index (χ2v) is 8.30. The van der Waals surface area contributed by atoms with Gasteiger partial charge in [-0.05, 0) is 57.4 Å². The Morgan fingerprint density at radius 2 is 1.89 bits per heavy atom. The molecule has 1 aliphatic heterocycles. The molecule has 180 valence electrons. The zero-order chi connectivity index (χ0) is 24.9. The number of nitrogens with one attached hydrogen (secondary N) is 1. The summed E-state index contributed by atoms with van der Waals surface area (Å²) in [7, 11) is 2.75. The maximum Gasteiger partial charge on any atom is 0.373 e. The minimum absolute atomic E-state index is 0.0168. The molecule has 4 rings (SSSR count). The molecule has 0 unspecified atom stereocenters. The number of carbonyl (C=O) groups excluding carboxylic acids is 3. The summed E-state index contributed by atoms with van der Waals surface area (Å²) in [5.74, 6) is 0.0365. The second kappa shape index (κ2) is 10.5. The fourth-order valence-corrected chi connectivity index (χ4v) is 3.98. The first kappa shape index (κ1) is 24.1. The van der Waals surface area contributed by atoms with Crippen molar-refractivity contribution in [2.24, 2.45) is 0 Å². The van der Waals surface area contributed by atoms with Gasteiger partial charge in [-0.15, -0.1) is 0 Å². The molecule has 2 aromatic carbocycles. The average molecular weight is 541 g/mol. The molecule has 3 aromatic rings. The summed E-state index contributed by atoms with van der Waals surface area (Å²) in [5, 5.41) is 2.56. The Morgan fingerprint density at radius 3 is 2.60 bits per heavy atom. The van der Waals surface area contributed by atoms with E-state index < -0.39 is 17.9 Å². The molecule has 9 nitrogen and oxygen atoms in total. The fraction of sp³-hybridized carbons (Fsp3) is 0.160. The Balaban J connectivity index is 1.51. The standard InChI is InChI=1S/C25H21BrN2O7/c1-32-21-12-16(10-18(26)22(21)34-14-15-6-4-3-5-7-15)11-19-23(29)28(25(31)27-19)13-17-8-9-20(35-17)24(30)33-2/h3-12H,13-14H2,1-2H3,(H,27,31)/b19-11-. The van der Waals surface area contributed by atoms with Crippen molar-refractivity contribution in [1.82, 2.24) is 10.2 Å². The van der Waals surface area contributed by atoms with Crippen LogP contribution in [-0.4, -0.2) is 37.0 Å². The minimum Gasteiger partial charge on any atom is -0.493 e. The van der Waals surface area contributed by atoms with E-state index in [2.05, 4.69) is 26.0 Å². The van der Waals surface area contributed by atoms with Gasteiger partial charge in [0.2, 0.25) is 5.76 Å². The number of imide groups is 1. The Kier molecular flexibility index (Phi) is 7.21. The van der Waals surface area contributed by atoms with E-state index in [0.29, 0.717) is 28.1 Å². The SMILES string of the molecule is COC(=O)c1ccc(CN2C(=O)N/C(=C\c3cc(Br)c(OCc4ccccc4)c(OC)c3)C2=O)o1. The van der Waals surface area contributed by atoms with Crippen LogP contribution < -0.4 is 14.8 Å². The van der Waals surface area contributed by atoms with Crippen LogP contribution in [-0.2, 0) is 22.7 Å². The molecular formula is C25H21BrN2O7. The molecule has 1 fully saturated rings. The van der Waals surface area contributed by atoms with Gasteiger partial charge in [0.1, 0.15) is 18.1 Å². The van der Waals surface area contributed by atoms with E-state index in [4.69, 9.17) is 13.9 Å². The van der Waals surface area contributed by atoms with E-state index in [1.165, 1.54) is 32.4 Å². The van der Waals surface area contributed by atoms with E-state index in [1.54, 1.807) is 12.1 Å². The molecular weight excluding hydrogens is 520 g/mol. The average Bonchev–Trinajstić information content (AvgIpc) is 3.43. The Hall–Kier alpha value is -4.05. The quantitative estimate of drug-likeness (QED) is 0.254. The third kappa shape index (κ3) is 5.38. The molecule has 2 heterocycles. The molecule has 0 radical (unpaired) electrons. The van der Waals surface area contributed by atoms with Crippen molar-refractivity contribution in [2.75, 3.05) is 14.2 Å². The highest BCUT2D eigenvalue weighted by Crippen LogP contribution is 2.38. The van der Waals surface area contributed by atoms with Gasteiger partial charge in [-0.2, -0.15) is 0 Å². The van der Waals surface area contributed by atoms with Crippen LogP contribution in [0.2, 0.25) is 0 Å². The zero-order valence-electron chi connectivity index (χ0n) is 18.9. The summed E-state index contributed by atoms with van der Waals surface area (Å²) >= 11 is 3.50. The first-order valence-electron chi connectivity index (χ1n) is 10.5. The lowest BCUT2D eigenvalue weighted by Crippen LogP contribution is -2.30. The molecule has 0 aliphatic carbocycles. The monoisotopic (exact) mass is 540 g/mol. The first-order valence-corrected chi connectivity index (χ1v) is 11.2. The summed E-state index contributed by atoms with van der Waals surface area (Å²) in [6.07, 6.45) is 1.54. The van der Waals surface area contributed by atoms with Gasteiger partial charge in [0.15, 0.2) is 11.5 Å². The van der Waals surface area contributed by atoms with E-state index >= 15 is 0 Å². The Morgan fingerprint density at radius 1 is 1.11 bits per heavy atom. The van der Waals surface area contributed by atoms with Crippen LogP contribution in [0.25, 0.3) is 6.08 Å². The fourth-order valence-electron chi connectivity index (χ4n) is 3.40. The van der Waals surface area contributed by atoms with E-state index in [1.807, 2.05) is 30.3 Å². The van der Waals surface area contributed by atoms with Crippen molar-refractivity contribution in [3.8, 4) is 11.5 Å². The van der Waals surface area contributed by atoms with Gasteiger partial charge < -0.3 is 23.9 Å². The smallest absolute Gasteiger partial charge is 0.373 e. The van der Waals surface area contributed by atoms with Crippen LogP contribution in [0.5, 0.6) is 11.5 Å². The number of halogens is 1. The molecule has 1 aromatic heterocycles. The normalized spacial score (nSPS) is 14.3. The first-order chi connectivity index (χ1) is 16.9. The van der Waals surface area contributed by atoms with E-state index in [0.717, 1.165) is 10.5 Å². The number of ether oxygens (including phenoxy) is 3. The molecule has 0 spiro atoms. The van der Waals surface area contributed by atoms with E-state index in [-0.39, 0.29) is 23.8 Å². The lowest BCUT2D eigenvalue weighted by Gasteiger charge is -2.14. The van der Waals surface area contributed by atoms with Crippen LogP contribution >= 0.6 is 15.9 Å². The summed E-state index contributed by atoms with van der Waals surface area (Å²) < 4.78 is 22.0. The number of benzene rings is 2. The van der Waals surface area contributed by atoms with Crippen molar-refractivity contribution < 1.29 is 33.0 Å². The maximum absolute atomic E-state index is 12.9. The molecule has 0 bridgehead atoms. The highest BCUT2D eigenvalue weighted by atomic mass is 79.9. The number of rotatable bonds is 8. The second-order valence-electron chi connectivity index (χ2n) is 7.45. The van der Waals surface area contributed by atoms with Crippen molar-refractivity contribution in [3.63, 3.8) is 0 Å². The number of hydrogen-bond acceptors (Lipinski definition) is 7. The van der Waals surface area contributed by atoms with Gasteiger partial charge in [0.05, 0.1) is 25.2 Å². The topological polar surface area (TPSA) is 107 Å². The number of nitrogens with zero attached hydrogens (tertiary/aromatic N) is 1. The molecule has 1 aliphatic rings. The lowest BCUT2D eigenvalue weighted by molar-refractivity contribution is -0.123. The number of furan rings is 1. The van der Waals surface area contributed by atoms with Crippen LogP contribution in [0.3, 0.4) is 0 Å². The van der Waals surface area contributed by atoms with Crippen molar-refractivity contribution >= 4 is 39.9 Å². The van der Waals surface area contributed by atoms with Crippen LogP contribution in [0.15, 0.2) is 69.2 Å². The molecule has 0 atom stereocenters. The van der Waals surface area contributed by atoms with E-state index in [9.17, 15) is 14.4 Å². The molecule has 1 N–H and O–H groups in total. The molecule has 0 saturated carbocycles. The third-order valence-electron chi connectivity index (χ3n) is 5.11. The van der Waals surface area contributed by atoms with Gasteiger partial charge in [-0.1, -0.05) is 30.3 Å². The number of urea groups is 1. The van der Waals surface area contributed by atoms with Crippen molar-refractivity contribution in [2.45, 2.75) is 13.2 Å². The predicted molar refractivity (Wildman–Crippen MR) is 129 cm³/mol. The summed E-state index contributed by atoms with van der Waals surface area (Å²) in [6, 6.07) is 15.5. The number of carbonyl (C=O) groups is 3. The van der Waals surface area contributed by atoms with Gasteiger partial charge in [0.25, 0.3) is 5.91 Å². The maximum atomic E-state index is 12.9. The summed E-state index contributed by atoms with van der Waals surface area (Å²) in [5.41, 5.74) is 1.70. The zero-order valence-corrected chi connectivity index (χ0v) is 20.5. The number of hydrogen-bond donors (Lipinski definition) is 1. The number of methoxy groups -OCH3 is 2. The van der Waals surface area contributed by atoms with Gasteiger partial charge >= 0.3 is 12.0 Å². The van der Waals surface area contributed by atoms with Gasteiger partial charge in [-0.25, -0.2) is 9.59 Å². The van der Waals surface area contributed by atoms with Crippen molar-refractivity contribution in [1.29, 1.82) is 0 Å². The largest absolute Gasteiger partial charge is 0.493 e.